The van der Waals surface area contributed by atoms with Crippen molar-refractivity contribution in [3.05, 3.63) is 0 Å². The van der Waals surface area contributed by atoms with E-state index in [-0.39, 0.29) is 6.10 Å². The van der Waals surface area contributed by atoms with Crippen LogP contribution in [0.3, 0.4) is 0 Å². The molecule has 25 heavy (non-hydrogen) atoms. The van der Waals surface area contributed by atoms with Gasteiger partial charge in [0.1, 0.15) is 0 Å². The van der Waals surface area contributed by atoms with E-state index >= 15 is 0 Å². The van der Waals surface area contributed by atoms with Gasteiger partial charge < -0.3 is 5.11 Å². The Morgan fingerprint density at radius 1 is 0.640 bits per heavy atom. The normalized spacial score (nSPS) is 14.6. The van der Waals surface area contributed by atoms with Crippen LogP contribution in [0.2, 0.25) is 0 Å². The first-order valence-corrected chi connectivity index (χ1v) is 12.1. The zero-order chi connectivity index (χ0) is 19.0. The van der Waals surface area contributed by atoms with Gasteiger partial charge in [-0.05, 0) is 25.7 Å². The van der Waals surface area contributed by atoms with Crippen LogP contribution in [0.4, 0.5) is 0 Å². The van der Waals surface area contributed by atoms with Crippen molar-refractivity contribution in [3.8, 4) is 0 Å². The number of rotatable bonds is 18. The first kappa shape index (κ1) is 24.9. The van der Waals surface area contributed by atoms with Crippen LogP contribution in [0.15, 0.2) is 0 Å². The van der Waals surface area contributed by atoms with Gasteiger partial charge >= 0.3 is 0 Å². The van der Waals surface area contributed by atoms with Gasteiger partial charge in [-0.1, -0.05) is 90.9 Å². The minimum atomic E-state index is -3.88. The fraction of sp³-hybridized carbons (Fsp3) is 1.00. The molecule has 0 aliphatic heterocycles. The summed E-state index contributed by atoms with van der Waals surface area (Å²) >= 11 is 0. The number of aliphatic hydroxyl groups is 1. The molecular formula is C20H42O4S. The van der Waals surface area contributed by atoms with Gasteiger partial charge in [-0.15, -0.1) is 0 Å². The van der Waals surface area contributed by atoms with Crippen molar-refractivity contribution in [3.63, 3.8) is 0 Å². The maximum absolute atomic E-state index is 11.2. The molecule has 4 nitrogen and oxygen atoms in total. The Kier molecular flexibility index (Phi) is 16.0. The summed E-state index contributed by atoms with van der Waals surface area (Å²) in [4.78, 5) is 0. The highest BCUT2D eigenvalue weighted by Gasteiger charge is 2.20. The van der Waals surface area contributed by atoms with E-state index in [2.05, 4.69) is 6.92 Å². The van der Waals surface area contributed by atoms with E-state index in [0.717, 1.165) is 64.2 Å². The highest BCUT2D eigenvalue weighted by molar-refractivity contribution is 7.86. The van der Waals surface area contributed by atoms with E-state index in [4.69, 9.17) is 0 Å². The molecule has 0 saturated carbocycles. The molecule has 2 unspecified atom stereocenters. The van der Waals surface area contributed by atoms with Gasteiger partial charge in [-0.2, -0.15) is 8.42 Å². The van der Waals surface area contributed by atoms with Crippen LogP contribution >= 0.6 is 0 Å². The predicted molar refractivity (Wildman–Crippen MR) is 107 cm³/mol. The van der Waals surface area contributed by atoms with Crippen molar-refractivity contribution in [1.29, 1.82) is 0 Å². The molecule has 0 spiro atoms. The summed E-state index contributed by atoms with van der Waals surface area (Å²) in [5, 5.41) is 9.37. The van der Waals surface area contributed by atoms with Crippen molar-refractivity contribution in [2.75, 3.05) is 0 Å². The fourth-order valence-corrected chi connectivity index (χ4v) is 4.35. The topological polar surface area (TPSA) is 74.6 Å². The van der Waals surface area contributed by atoms with Gasteiger partial charge in [0.15, 0.2) is 0 Å². The highest BCUT2D eigenvalue weighted by atomic mass is 32.2. The average molecular weight is 379 g/mol. The van der Waals surface area contributed by atoms with E-state index in [1.807, 2.05) is 6.92 Å². The summed E-state index contributed by atoms with van der Waals surface area (Å²) in [6.07, 6.45) is 16.2. The van der Waals surface area contributed by atoms with E-state index < -0.39 is 15.4 Å². The largest absolute Gasteiger partial charge is 0.393 e. The molecule has 152 valence electrons. The Hall–Kier alpha value is -0.130. The molecule has 2 N–H and O–H groups in total. The Bertz CT molecular complexity index is 381. The molecule has 0 aromatic heterocycles. The molecular weight excluding hydrogens is 336 g/mol. The van der Waals surface area contributed by atoms with E-state index in [0.29, 0.717) is 12.8 Å². The summed E-state index contributed by atoms with van der Waals surface area (Å²) < 4.78 is 31.7. The van der Waals surface area contributed by atoms with Gasteiger partial charge in [0.2, 0.25) is 0 Å². The van der Waals surface area contributed by atoms with Gasteiger partial charge in [0.05, 0.1) is 11.4 Å². The second-order valence-corrected chi connectivity index (χ2v) is 9.18. The first-order chi connectivity index (χ1) is 11.9. The SMILES string of the molecule is CCCCCCCC(O)CCCCCCCCC(CCC)S(=O)(=O)O. The minimum absolute atomic E-state index is 0.133. The second kappa shape index (κ2) is 16.1. The third-order valence-electron chi connectivity index (χ3n) is 4.99. The van der Waals surface area contributed by atoms with Crippen LogP contribution in [0, 0.1) is 0 Å². The maximum Gasteiger partial charge on any atom is 0.267 e. The summed E-state index contributed by atoms with van der Waals surface area (Å²) in [5.74, 6) is 0. The zero-order valence-electron chi connectivity index (χ0n) is 16.6. The molecule has 0 aliphatic rings. The van der Waals surface area contributed by atoms with Crippen LogP contribution in [0.1, 0.15) is 117 Å². The lowest BCUT2D eigenvalue weighted by Crippen LogP contribution is -2.20. The van der Waals surface area contributed by atoms with E-state index in [1.54, 1.807) is 0 Å². The Balaban J connectivity index is 3.48. The van der Waals surface area contributed by atoms with Crippen molar-refractivity contribution in [1.82, 2.24) is 0 Å². The van der Waals surface area contributed by atoms with Crippen LogP contribution in [-0.4, -0.2) is 29.4 Å². The molecule has 0 amide bonds. The lowest BCUT2D eigenvalue weighted by Gasteiger charge is -2.12. The molecule has 0 saturated heterocycles. The molecule has 0 aliphatic carbocycles. The minimum Gasteiger partial charge on any atom is -0.393 e. The third-order valence-corrected chi connectivity index (χ3v) is 6.30. The number of hydrogen-bond acceptors (Lipinski definition) is 3. The second-order valence-electron chi connectivity index (χ2n) is 7.48. The van der Waals surface area contributed by atoms with Gasteiger partial charge in [0, 0.05) is 0 Å². The average Bonchev–Trinajstić information content (AvgIpc) is 2.55. The monoisotopic (exact) mass is 378 g/mol. The molecule has 0 aromatic rings. The van der Waals surface area contributed by atoms with E-state index in [1.165, 1.54) is 25.7 Å². The van der Waals surface area contributed by atoms with Crippen LogP contribution in [0.5, 0.6) is 0 Å². The molecule has 2 atom stereocenters. The van der Waals surface area contributed by atoms with Crippen molar-refractivity contribution in [2.24, 2.45) is 0 Å². The van der Waals surface area contributed by atoms with Crippen LogP contribution < -0.4 is 0 Å². The van der Waals surface area contributed by atoms with Crippen molar-refractivity contribution >= 4 is 10.1 Å². The molecule has 0 radical (unpaired) electrons. The van der Waals surface area contributed by atoms with Gasteiger partial charge in [-0.3, -0.25) is 4.55 Å². The third kappa shape index (κ3) is 15.8. The summed E-state index contributed by atoms with van der Waals surface area (Å²) in [7, 11) is -3.88. The summed E-state index contributed by atoms with van der Waals surface area (Å²) in [6, 6.07) is 0. The number of aliphatic hydroxyl groups excluding tert-OH is 1. The zero-order valence-corrected chi connectivity index (χ0v) is 17.4. The van der Waals surface area contributed by atoms with Crippen molar-refractivity contribution in [2.45, 2.75) is 128 Å². The van der Waals surface area contributed by atoms with Gasteiger partial charge in [0.25, 0.3) is 10.1 Å². The predicted octanol–water partition coefficient (Wildman–Crippen LogP) is 5.89. The molecule has 0 bridgehead atoms. The maximum atomic E-state index is 11.2. The number of hydrogen-bond donors (Lipinski definition) is 2. The smallest absolute Gasteiger partial charge is 0.267 e. The van der Waals surface area contributed by atoms with Crippen molar-refractivity contribution < 1.29 is 18.1 Å². The van der Waals surface area contributed by atoms with Gasteiger partial charge in [-0.25, -0.2) is 0 Å². The lowest BCUT2D eigenvalue weighted by molar-refractivity contribution is 0.147. The molecule has 0 rings (SSSR count). The van der Waals surface area contributed by atoms with Crippen LogP contribution in [-0.2, 0) is 10.1 Å². The summed E-state index contributed by atoms with van der Waals surface area (Å²) in [6.45, 7) is 4.16. The Morgan fingerprint density at radius 2 is 1.08 bits per heavy atom. The molecule has 0 fully saturated rings. The quantitative estimate of drug-likeness (QED) is 0.230. The first-order valence-electron chi connectivity index (χ1n) is 10.6. The molecule has 0 aromatic carbocycles. The molecule has 5 heteroatoms. The number of unbranched alkanes of at least 4 members (excludes halogenated alkanes) is 9. The van der Waals surface area contributed by atoms with Crippen LogP contribution in [0.25, 0.3) is 0 Å². The van der Waals surface area contributed by atoms with E-state index in [9.17, 15) is 18.1 Å². The summed E-state index contributed by atoms with van der Waals surface area (Å²) in [5.41, 5.74) is 0. The standard InChI is InChI=1S/C20H42O4S/c1-3-5-6-9-12-16-19(21)17-13-10-7-8-11-14-18-20(15-4-2)25(22,23)24/h19-21H,3-18H2,1-2H3,(H,22,23,24). The molecule has 0 heterocycles. The fourth-order valence-electron chi connectivity index (χ4n) is 3.35. The highest BCUT2D eigenvalue weighted by Crippen LogP contribution is 2.17. The Labute approximate surface area is 156 Å². The lowest BCUT2D eigenvalue weighted by atomic mass is 10.0. The Morgan fingerprint density at radius 3 is 1.52 bits per heavy atom.